The second-order valence-corrected chi connectivity index (χ2v) is 5.28. The van der Waals surface area contributed by atoms with Gasteiger partial charge in [-0.15, -0.1) is 0 Å². The van der Waals surface area contributed by atoms with Crippen LogP contribution in [0.4, 0.5) is 0 Å². The number of carbonyl (C=O) groups is 1. The maximum atomic E-state index is 11.4. The summed E-state index contributed by atoms with van der Waals surface area (Å²) in [5.41, 5.74) is -1.39. The summed E-state index contributed by atoms with van der Waals surface area (Å²) >= 11 is 0. The van der Waals surface area contributed by atoms with Gasteiger partial charge in [0.05, 0.1) is 0 Å². The fourth-order valence-corrected chi connectivity index (χ4v) is 1.87. The smallest absolute Gasteiger partial charge is 0.415 e. The Kier molecular flexibility index (Phi) is 14.7. The molecule has 0 rings (SSSR count). The van der Waals surface area contributed by atoms with E-state index in [4.69, 9.17) is 0 Å². The molecular formula is C15H29NaO2. The Morgan fingerprint density at radius 1 is 1.00 bits per heavy atom. The van der Waals surface area contributed by atoms with Crippen molar-refractivity contribution in [3.05, 3.63) is 6.92 Å². The molecule has 0 radical (unpaired) electrons. The van der Waals surface area contributed by atoms with Crippen LogP contribution in [0, 0.1) is 6.92 Å². The van der Waals surface area contributed by atoms with Gasteiger partial charge >= 0.3 is 29.6 Å². The van der Waals surface area contributed by atoms with Gasteiger partial charge in [0.25, 0.3) is 0 Å². The number of ketones is 1. The molecule has 0 fully saturated rings. The predicted octanol–water partition coefficient (Wildman–Crippen LogP) is 1.07. The second-order valence-electron chi connectivity index (χ2n) is 5.28. The van der Waals surface area contributed by atoms with E-state index in [1.807, 2.05) is 0 Å². The molecule has 0 saturated carbocycles. The normalized spacial score (nSPS) is 13.8. The summed E-state index contributed by atoms with van der Waals surface area (Å²) in [4.78, 5) is 11.4. The zero-order valence-electron chi connectivity index (χ0n) is 12.6. The van der Waals surface area contributed by atoms with E-state index in [1.165, 1.54) is 51.9 Å². The van der Waals surface area contributed by atoms with Crippen LogP contribution in [0.15, 0.2) is 0 Å². The van der Waals surface area contributed by atoms with Crippen LogP contribution < -0.4 is 29.6 Å². The Morgan fingerprint density at radius 2 is 1.39 bits per heavy atom. The molecule has 0 aliphatic rings. The third-order valence-electron chi connectivity index (χ3n) is 3.11. The molecule has 0 aromatic heterocycles. The molecule has 0 aliphatic heterocycles. The minimum absolute atomic E-state index is 0. The van der Waals surface area contributed by atoms with Crippen LogP contribution in [-0.2, 0) is 4.79 Å². The van der Waals surface area contributed by atoms with Crippen molar-refractivity contribution in [2.75, 3.05) is 0 Å². The molecule has 0 bridgehead atoms. The third-order valence-corrected chi connectivity index (χ3v) is 3.11. The van der Waals surface area contributed by atoms with Crippen LogP contribution in [0.1, 0.15) is 78.1 Å². The molecule has 1 unspecified atom stereocenters. The molecule has 3 heteroatoms. The first-order valence-electron chi connectivity index (χ1n) is 7.09. The van der Waals surface area contributed by atoms with Crippen LogP contribution in [-0.4, -0.2) is 16.5 Å². The standard InChI is InChI=1S/C15H29O2.Na/c1-4-5-6-7-8-9-10-11-12-13-14(16)15(2,3)17;/h17H,2,4-13H2,1,3H3;/q-1;+1. The molecule has 18 heavy (non-hydrogen) atoms. The van der Waals surface area contributed by atoms with Crippen LogP contribution in [0.5, 0.6) is 0 Å². The average Bonchev–Trinajstić information content (AvgIpc) is 2.25. The molecular weight excluding hydrogens is 235 g/mol. The average molecular weight is 264 g/mol. The van der Waals surface area contributed by atoms with Crippen molar-refractivity contribution in [1.82, 2.24) is 0 Å². The van der Waals surface area contributed by atoms with E-state index < -0.39 is 5.60 Å². The Labute approximate surface area is 135 Å². The van der Waals surface area contributed by atoms with E-state index in [1.54, 1.807) is 0 Å². The van der Waals surface area contributed by atoms with Crippen molar-refractivity contribution in [3.8, 4) is 0 Å². The SMILES string of the molecule is [CH2-]C(C)(O)C(=O)CCCCCCCCCCC.[Na+]. The van der Waals surface area contributed by atoms with Gasteiger partial charge in [0.15, 0.2) is 0 Å². The van der Waals surface area contributed by atoms with E-state index in [0.29, 0.717) is 6.42 Å². The number of Topliss-reactive ketones (excluding diaryl/α,β-unsaturated/α-hetero) is 1. The van der Waals surface area contributed by atoms with Gasteiger partial charge in [0.1, 0.15) is 5.78 Å². The molecule has 0 heterocycles. The zero-order valence-corrected chi connectivity index (χ0v) is 14.6. The van der Waals surface area contributed by atoms with Gasteiger partial charge in [-0.1, -0.05) is 65.2 Å². The second kappa shape index (κ2) is 12.7. The van der Waals surface area contributed by atoms with Gasteiger partial charge in [-0.2, -0.15) is 0 Å². The molecule has 0 aromatic rings. The van der Waals surface area contributed by atoms with E-state index in [2.05, 4.69) is 13.8 Å². The van der Waals surface area contributed by atoms with E-state index in [-0.39, 0.29) is 35.3 Å². The third kappa shape index (κ3) is 13.1. The summed E-state index contributed by atoms with van der Waals surface area (Å²) in [6.45, 7) is 7.13. The predicted molar refractivity (Wildman–Crippen MR) is 72.8 cm³/mol. The summed E-state index contributed by atoms with van der Waals surface area (Å²) in [6.07, 6.45) is 11.6. The monoisotopic (exact) mass is 264 g/mol. The zero-order chi connectivity index (χ0) is 13.1. The molecule has 0 saturated heterocycles. The Morgan fingerprint density at radius 3 is 1.78 bits per heavy atom. The first kappa shape index (κ1) is 20.9. The topological polar surface area (TPSA) is 37.3 Å². The van der Waals surface area contributed by atoms with Gasteiger partial charge in [-0.3, -0.25) is 4.79 Å². The number of hydrogen-bond acceptors (Lipinski definition) is 2. The summed E-state index contributed by atoms with van der Waals surface area (Å²) in [7, 11) is 0. The molecule has 102 valence electrons. The molecule has 1 atom stereocenters. The van der Waals surface area contributed by atoms with Gasteiger partial charge in [0.2, 0.25) is 0 Å². The summed E-state index contributed by atoms with van der Waals surface area (Å²) in [6, 6.07) is 0. The molecule has 1 N–H and O–H groups in total. The summed E-state index contributed by atoms with van der Waals surface area (Å²) in [5.74, 6) is -0.138. The Hall–Kier alpha value is 0.630. The largest absolute Gasteiger partial charge is 1.00 e. The molecule has 0 aliphatic carbocycles. The van der Waals surface area contributed by atoms with Gasteiger partial charge < -0.3 is 12.0 Å². The minimum atomic E-state index is -1.39. The van der Waals surface area contributed by atoms with Crippen molar-refractivity contribution >= 4 is 5.78 Å². The summed E-state index contributed by atoms with van der Waals surface area (Å²) in [5, 5.41) is 9.35. The molecule has 0 spiro atoms. The Balaban J connectivity index is 0. The van der Waals surface area contributed by atoms with Crippen LogP contribution in [0.2, 0.25) is 0 Å². The van der Waals surface area contributed by atoms with Gasteiger partial charge in [0, 0.05) is 6.42 Å². The maximum absolute atomic E-state index is 11.4. The van der Waals surface area contributed by atoms with Crippen LogP contribution in [0.25, 0.3) is 0 Å². The fraction of sp³-hybridized carbons (Fsp3) is 0.867. The quantitative estimate of drug-likeness (QED) is 0.344. The molecule has 2 nitrogen and oxygen atoms in total. The van der Waals surface area contributed by atoms with Gasteiger partial charge in [-0.05, 0) is 12.0 Å². The van der Waals surface area contributed by atoms with E-state index in [0.717, 1.165) is 12.8 Å². The maximum Gasteiger partial charge on any atom is 1.00 e. The number of aliphatic hydroxyl groups is 1. The van der Waals surface area contributed by atoms with Gasteiger partial charge in [-0.25, -0.2) is 0 Å². The van der Waals surface area contributed by atoms with Crippen LogP contribution >= 0.6 is 0 Å². The molecule has 0 aromatic carbocycles. The van der Waals surface area contributed by atoms with Crippen molar-refractivity contribution in [2.45, 2.75) is 83.7 Å². The first-order valence-corrected chi connectivity index (χ1v) is 7.09. The number of hydrogen-bond donors (Lipinski definition) is 1. The minimum Gasteiger partial charge on any atom is -0.415 e. The fourth-order valence-electron chi connectivity index (χ4n) is 1.87. The van der Waals surface area contributed by atoms with E-state index >= 15 is 0 Å². The van der Waals surface area contributed by atoms with Crippen LogP contribution in [0.3, 0.4) is 0 Å². The van der Waals surface area contributed by atoms with Crippen molar-refractivity contribution in [1.29, 1.82) is 0 Å². The molecule has 0 amide bonds. The van der Waals surface area contributed by atoms with Crippen molar-refractivity contribution < 1.29 is 39.5 Å². The Bertz CT molecular complexity index is 197. The number of unbranched alkanes of at least 4 members (excludes halogenated alkanes) is 8. The number of rotatable bonds is 11. The first-order chi connectivity index (χ1) is 7.98. The van der Waals surface area contributed by atoms with Crippen molar-refractivity contribution in [3.63, 3.8) is 0 Å². The number of carbonyl (C=O) groups excluding carboxylic acids is 1. The summed E-state index contributed by atoms with van der Waals surface area (Å²) < 4.78 is 0. The van der Waals surface area contributed by atoms with E-state index in [9.17, 15) is 9.90 Å². The van der Waals surface area contributed by atoms with Crippen molar-refractivity contribution in [2.24, 2.45) is 0 Å².